The fraction of sp³-hybridized carbons (Fsp3) is 0.519. The van der Waals surface area contributed by atoms with Gasteiger partial charge in [-0.25, -0.2) is 0 Å². The molecule has 6 nitrogen and oxygen atoms in total. The molecule has 6 heteroatoms. The maximum atomic E-state index is 11.6. The van der Waals surface area contributed by atoms with Crippen molar-refractivity contribution in [3.8, 4) is 5.75 Å². The van der Waals surface area contributed by atoms with Gasteiger partial charge in [0.05, 0.1) is 13.2 Å². The second-order valence-corrected chi connectivity index (χ2v) is 9.35. The van der Waals surface area contributed by atoms with Crippen molar-refractivity contribution in [1.82, 2.24) is 15.5 Å². The number of benzene rings is 2. The van der Waals surface area contributed by atoms with Crippen LogP contribution in [0.5, 0.6) is 5.75 Å². The van der Waals surface area contributed by atoms with Gasteiger partial charge in [0.15, 0.2) is 0 Å². The first-order valence-corrected chi connectivity index (χ1v) is 12.3. The van der Waals surface area contributed by atoms with Gasteiger partial charge in [0, 0.05) is 31.6 Å². The van der Waals surface area contributed by atoms with E-state index in [-0.39, 0.29) is 18.5 Å². The Morgan fingerprint density at radius 2 is 2.03 bits per heavy atom. The predicted octanol–water partition coefficient (Wildman–Crippen LogP) is 3.36. The number of rotatable bonds is 9. The Labute approximate surface area is 197 Å². The fourth-order valence-corrected chi connectivity index (χ4v) is 5.10. The van der Waals surface area contributed by atoms with Gasteiger partial charge in [0.25, 0.3) is 0 Å². The molecule has 1 saturated heterocycles. The summed E-state index contributed by atoms with van der Waals surface area (Å²) in [6, 6.07) is 17.9. The summed E-state index contributed by atoms with van der Waals surface area (Å²) < 4.78 is 5.65. The van der Waals surface area contributed by atoms with Crippen molar-refractivity contribution in [2.45, 2.75) is 63.8 Å². The molecule has 4 unspecified atom stereocenters. The van der Waals surface area contributed by atoms with Crippen LogP contribution in [0.4, 0.5) is 0 Å². The maximum absolute atomic E-state index is 11.6. The van der Waals surface area contributed by atoms with Gasteiger partial charge in [-0.1, -0.05) is 36.4 Å². The molecule has 33 heavy (non-hydrogen) atoms. The lowest BCUT2D eigenvalue weighted by atomic mass is 9.95. The highest BCUT2D eigenvalue weighted by Crippen LogP contribution is 2.36. The highest BCUT2D eigenvalue weighted by Gasteiger charge is 2.27. The van der Waals surface area contributed by atoms with Crippen LogP contribution in [0.2, 0.25) is 0 Å². The summed E-state index contributed by atoms with van der Waals surface area (Å²) >= 11 is 0. The van der Waals surface area contributed by atoms with E-state index in [4.69, 9.17) is 4.74 Å². The molecule has 3 N–H and O–H groups in total. The monoisotopic (exact) mass is 451 g/mol. The van der Waals surface area contributed by atoms with Crippen LogP contribution < -0.4 is 15.4 Å². The number of amides is 1. The van der Waals surface area contributed by atoms with Crippen LogP contribution in [0.25, 0.3) is 0 Å². The standard InChI is InChI=1S/C27H37N3O3/c1-3-33-25-6-4-5-22(17-25)19(2)29-24-12-11-23(16-24)21-9-7-20(8-10-21)15-27(32)30-14-13-28-26(31)18-30/h4-10,17,19,23-24,27,29,32H,3,11-16,18H2,1-2H3,(H,28,31). The first-order valence-electron chi connectivity index (χ1n) is 12.3. The van der Waals surface area contributed by atoms with E-state index in [1.54, 1.807) is 0 Å². The fourth-order valence-electron chi connectivity index (χ4n) is 5.10. The van der Waals surface area contributed by atoms with Gasteiger partial charge in [-0.3, -0.25) is 9.69 Å². The molecule has 0 aromatic heterocycles. The second kappa shape index (κ2) is 11.1. The van der Waals surface area contributed by atoms with Crippen molar-refractivity contribution in [2.24, 2.45) is 0 Å². The Morgan fingerprint density at radius 3 is 2.79 bits per heavy atom. The number of piperazine rings is 1. The number of carbonyl (C=O) groups is 1. The quantitative estimate of drug-likeness (QED) is 0.545. The minimum Gasteiger partial charge on any atom is -0.494 e. The van der Waals surface area contributed by atoms with Crippen molar-refractivity contribution in [2.75, 3.05) is 26.2 Å². The Hall–Kier alpha value is -2.41. The number of nitrogens with one attached hydrogen (secondary N) is 2. The van der Waals surface area contributed by atoms with Gasteiger partial charge in [-0.2, -0.15) is 0 Å². The number of carbonyl (C=O) groups excluding carboxylic acids is 1. The van der Waals surface area contributed by atoms with Gasteiger partial charge >= 0.3 is 0 Å². The zero-order chi connectivity index (χ0) is 23.2. The molecule has 1 aliphatic heterocycles. The summed E-state index contributed by atoms with van der Waals surface area (Å²) in [6.45, 7) is 6.48. The van der Waals surface area contributed by atoms with E-state index in [1.807, 2.05) is 17.9 Å². The number of nitrogens with zero attached hydrogens (tertiary/aromatic N) is 1. The van der Waals surface area contributed by atoms with Crippen LogP contribution in [0.15, 0.2) is 48.5 Å². The molecule has 0 bridgehead atoms. The largest absolute Gasteiger partial charge is 0.494 e. The Kier molecular flexibility index (Phi) is 8.02. The molecule has 4 rings (SSSR count). The average Bonchev–Trinajstić information content (AvgIpc) is 3.28. The molecular formula is C27H37N3O3. The van der Waals surface area contributed by atoms with Crippen molar-refractivity contribution < 1.29 is 14.6 Å². The van der Waals surface area contributed by atoms with Crippen molar-refractivity contribution >= 4 is 5.91 Å². The minimum atomic E-state index is -0.621. The smallest absolute Gasteiger partial charge is 0.234 e. The Balaban J connectivity index is 1.28. The summed E-state index contributed by atoms with van der Waals surface area (Å²) in [6.07, 6.45) is 3.43. The number of hydrogen-bond donors (Lipinski definition) is 3. The molecule has 1 aliphatic carbocycles. The van der Waals surface area contributed by atoms with E-state index >= 15 is 0 Å². The summed E-state index contributed by atoms with van der Waals surface area (Å²) in [4.78, 5) is 13.4. The predicted molar refractivity (Wildman–Crippen MR) is 130 cm³/mol. The van der Waals surface area contributed by atoms with Gasteiger partial charge in [0.2, 0.25) is 5.91 Å². The van der Waals surface area contributed by atoms with Crippen LogP contribution in [-0.4, -0.2) is 54.4 Å². The van der Waals surface area contributed by atoms with Crippen LogP contribution in [-0.2, 0) is 11.2 Å². The Bertz CT molecular complexity index is 917. The van der Waals surface area contributed by atoms with Crippen molar-refractivity contribution in [1.29, 1.82) is 0 Å². The van der Waals surface area contributed by atoms with E-state index in [0.717, 1.165) is 17.7 Å². The molecule has 4 atom stereocenters. The van der Waals surface area contributed by atoms with E-state index in [1.165, 1.54) is 24.0 Å². The average molecular weight is 452 g/mol. The number of ether oxygens (including phenoxy) is 1. The molecule has 0 spiro atoms. The van der Waals surface area contributed by atoms with Crippen LogP contribution in [0.1, 0.15) is 61.8 Å². The molecule has 178 valence electrons. The molecule has 0 radical (unpaired) electrons. The lowest BCUT2D eigenvalue weighted by Gasteiger charge is -2.30. The van der Waals surface area contributed by atoms with Crippen LogP contribution in [0.3, 0.4) is 0 Å². The minimum absolute atomic E-state index is 0.0173. The number of aliphatic hydroxyl groups excluding tert-OH is 1. The first kappa shape index (κ1) is 23.7. The van der Waals surface area contributed by atoms with E-state index in [9.17, 15) is 9.90 Å². The summed E-state index contributed by atoms with van der Waals surface area (Å²) in [5, 5.41) is 17.1. The lowest BCUT2D eigenvalue weighted by molar-refractivity contribution is -0.128. The molecule has 1 heterocycles. The van der Waals surface area contributed by atoms with Gasteiger partial charge < -0.3 is 20.5 Å². The third kappa shape index (κ3) is 6.34. The third-order valence-electron chi connectivity index (χ3n) is 6.95. The van der Waals surface area contributed by atoms with E-state index in [2.05, 4.69) is 60.0 Å². The van der Waals surface area contributed by atoms with Gasteiger partial charge in [-0.15, -0.1) is 0 Å². The highest BCUT2D eigenvalue weighted by atomic mass is 16.5. The number of hydrogen-bond acceptors (Lipinski definition) is 5. The van der Waals surface area contributed by atoms with Crippen molar-refractivity contribution in [3.63, 3.8) is 0 Å². The SMILES string of the molecule is CCOc1cccc(C(C)NC2CCC(c3ccc(CC(O)N4CCNC(=O)C4)cc3)C2)c1. The first-order chi connectivity index (χ1) is 16.0. The summed E-state index contributed by atoms with van der Waals surface area (Å²) in [5.74, 6) is 1.48. The molecule has 1 amide bonds. The van der Waals surface area contributed by atoms with Crippen molar-refractivity contribution in [3.05, 3.63) is 65.2 Å². The highest BCUT2D eigenvalue weighted by molar-refractivity contribution is 5.78. The second-order valence-electron chi connectivity index (χ2n) is 9.35. The lowest BCUT2D eigenvalue weighted by Crippen LogP contribution is -2.52. The molecular weight excluding hydrogens is 414 g/mol. The zero-order valence-corrected chi connectivity index (χ0v) is 19.8. The zero-order valence-electron chi connectivity index (χ0n) is 19.8. The van der Waals surface area contributed by atoms with Crippen LogP contribution >= 0.6 is 0 Å². The topological polar surface area (TPSA) is 73.8 Å². The summed E-state index contributed by atoms with van der Waals surface area (Å²) in [7, 11) is 0. The summed E-state index contributed by atoms with van der Waals surface area (Å²) in [5.41, 5.74) is 3.74. The molecule has 2 fully saturated rings. The molecule has 2 aliphatic rings. The normalized spacial score (nSPS) is 23.2. The van der Waals surface area contributed by atoms with E-state index in [0.29, 0.717) is 38.1 Å². The Morgan fingerprint density at radius 1 is 1.21 bits per heavy atom. The number of aliphatic hydroxyl groups is 1. The third-order valence-corrected chi connectivity index (χ3v) is 6.95. The maximum Gasteiger partial charge on any atom is 0.234 e. The van der Waals surface area contributed by atoms with Gasteiger partial charge in [0.1, 0.15) is 12.0 Å². The molecule has 1 saturated carbocycles. The van der Waals surface area contributed by atoms with E-state index < -0.39 is 6.23 Å². The molecule has 2 aromatic carbocycles. The van der Waals surface area contributed by atoms with Crippen LogP contribution in [0, 0.1) is 0 Å². The molecule has 2 aromatic rings. The van der Waals surface area contributed by atoms with Gasteiger partial charge in [-0.05, 0) is 67.9 Å².